The Kier molecular flexibility index (Phi) is 5.07. The molecule has 1 aliphatic heterocycles. The quantitative estimate of drug-likeness (QED) is 0.715. The van der Waals surface area contributed by atoms with Gasteiger partial charge in [-0.3, -0.25) is 4.79 Å². The number of ether oxygens (including phenoxy) is 2. The highest BCUT2D eigenvalue weighted by Crippen LogP contribution is 2.36. The lowest BCUT2D eigenvalue weighted by molar-refractivity contribution is 0.0958. The zero-order valence-corrected chi connectivity index (χ0v) is 15.4. The van der Waals surface area contributed by atoms with E-state index in [0.29, 0.717) is 36.6 Å². The van der Waals surface area contributed by atoms with Crippen molar-refractivity contribution in [3.63, 3.8) is 0 Å². The van der Waals surface area contributed by atoms with Crippen LogP contribution in [0, 0.1) is 5.82 Å². The van der Waals surface area contributed by atoms with Gasteiger partial charge >= 0.3 is 0 Å². The Morgan fingerprint density at radius 2 is 1.85 bits per heavy atom. The van der Waals surface area contributed by atoms with E-state index in [4.69, 9.17) is 9.47 Å². The highest BCUT2D eigenvalue weighted by Gasteiger charge is 2.15. The number of hydrogen-bond donors (Lipinski definition) is 1. The van der Waals surface area contributed by atoms with Crippen LogP contribution in [0.15, 0.2) is 54.6 Å². The molecule has 0 bridgehead atoms. The fourth-order valence-corrected chi connectivity index (χ4v) is 3.83. The molecular weight excluding hydrogens is 365 g/mol. The fourth-order valence-electron chi connectivity index (χ4n) is 2.91. The number of thiophene rings is 1. The SMILES string of the molecule is O=C(NCCc1ccccc1F)c1ccc(-c2ccc3c(c2)OCCO3)s1. The minimum Gasteiger partial charge on any atom is -0.486 e. The average Bonchev–Trinajstić information content (AvgIpc) is 3.19. The van der Waals surface area contributed by atoms with Gasteiger partial charge in [-0.15, -0.1) is 11.3 Å². The molecule has 0 unspecified atom stereocenters. The molecule has 0 saturated carbocycles. The van der Waals surface area contributed by atoms with Crippen molar-refractivity contribution in [3.8, 4) is 21.9 Å². The van der Waals surface area contributed by atoms with Gasteiger partial charge in [0, 0.05) is 11.4 Å². The first-order valence-electron chi connectivity index (χ1n) is 8.72. The van der Waals surface area contributed by atoms with Crippen molar-refractivity contribution >= 4 is 17.2 Å². The van der Waals surface area contributed by atoms with Crippen molar-refractivity contribution < 1.29 is 18.7 Å². The number of nitrogens with one attached hydrogen (secondary N) is 1. The zero-order valence-electron chi connectivity index (χ0n) is 14.5. The van der Waals surface area contributed by atoms with Crippen LogP contribution >= 0.6 is 11.3 Å². The molecule has 2 heterocycles. The molecule has 1 amide bonds. The van der Waals surface area contributed by atoms with Gasteiger partial charge < -0.3 is 14.8 Å². The normalized spacial score (nSPS) is 12.6. The molecule has 0 radical (unpaired) electrons. The van der Waals surface area contributed by atoms with Gasteiger partial charge in [-0.25, -0.2) is 4.39 Å². The second-order valence-corrected chi connectivity index (χ2v) is 7.20. The molecule has 1 aromatic heterocycles. The summed E-state index contributed by atoms with van der Waals surface area (Å²) in [6.45, 7) is 1.48. The Bertz CT molecular complexity index is 970. The molecule has 1 N–H and O–H groups in total. The first-order valence-corrected chi connectivity index (χ1v) is 9.54. The van der Waals surface area contributed by atoms with Gasteiger partial charge in [0.1, 0.15) is 19.0 Å². The van der Waals surface area contributed by atoms with E-state index in [9.17, 15) is 9.18 Å². The molecular formula is C21H18FNO3S. The van der Waals surface area contributed by atoms with E-state index in [1.54, 1.807) is 24.3 Å². The van der Waals surface area contributed by atoms with Crippen molar-refractivity contribution in [1.82, 2.24) is 5.32 Å². The Balaban J connectivity index is 1.40. The maximum absolute atomic E-state index is 13.6. The van der Waals surface area contributed by atoms with Gasteiger partial charge in [-0.2, -0.15) is 0 Å². The maximum atomic E-state index is 13.6. The van der Waals surface area contributed by atoms with E-state index in [2.05, 4.69) is 5.32 Å². The minimum atomic E-state index is -0.247. The third-order valence-electron chi connectivity index (χ3n) is 4.29. The van der Waals surface area contributed by atoms with Crippen LogP contribution in [0.5, 0.6) is 11.5 Å². The van der Waals surface area contributed by atoms with Crippen molar-refractivity contribution in [3.05, 3.63) is 70.9 Å². The summed E-state index contributed by atoms with van der Waals surface area (Å²) in [5.41, 5.74) is 1.58. The average molecular weight is 383 g/mol. The summed E-state index contributed by atoms with van der Waals surface area (Å²) in [6.07, 6.45) is 0.457. The van der Waals surface area contributed by atoms with Crippen LogP contribution in [-0.4, -0.2) is 25.7 Å². The van der Waals surface area contributed by atoms with E-state index in [1.807, 2.05) is 24.3 Å². The maximum Gasteiger partial charge on any atom is 0.261 e. The number of benzene rings is 2. The van der Waals surface area contributed by atoms with Crippen molar-refractivity contribution in [2.24, 2.45) is 0 Å². The molecule has 4 rings (SSSR count). The molecule has 3 aromatic rings. The van der Waals surface area contributed by atoms with Crippen LogP contribution in [0.4, 0.5) is 4.39 Å². The number of fused-ring (bicyclic) bond motifs is 1. The van der Waals surface area contributed by atoms with Crippen LogP contribution in [0.25, 0.3) is 10.4 Å². The van der Waals surface area contributed by atoms with E-state index in [1.165, 1.54) is 17.4 Å². The van der Waals surface area contributed by atoms with E-state index >= 15 is 0 Å². The minimum absolute atomic E-state index is 0.153. The highest BCUT2D eigenvalue weighted by atomic mass is 32.1. The second-order valence-electron chi connectivity index (χ2n) is 6.12. The predicted octanol–water partition coefficient (Wildman–Crippen LogP) is 4.30. The smallest absolute Gasteiger partial charge is 0.261 e. The number of amides is 1. The predicted molar refractivity (Wildman–Crippen MR) is 103 cm³/mol. The van der Waals surface area contributed by atoms with Gasteiger partial charge in [-0.05, 0) is 53.9 Å². The standard InChI is InChI=1S/C21H18FNO3S/c22-16-4-2-1-3-14(16)9-10-23-21(24)20-8-7-19(27-20)15-5-6-17-18(13-15)26-12-11-25-17/h1-8,13H,9-12H2,(H,23,24). The molecule has 138 valence electrons. The number of carbonyl (C=O) groups is 1. The molecule has 0 aliphatic carbocycles. The molecule has 2 aromatic carbocycles. The first-order chi connectivity index (χ1) is 13.2. The van der Waals surface area contributed by atoms with Gasteiger partial charge in [-0.1, -0.05) is 18.2 Å². The first kappa shape index (κ1) is 17.5. The van der Waals surface area contributed by atoms with Gasteiger partial charge in [0.15, 0.2) is 11.5 Å². The Hall–Kier alpha value is -2.86. The van der Waals surface area contributed by atoms with Crippen LogP contribution in [0.1, 0.15) is 15.2 Å². The Labute approximate surface area is 160 Å². The lowest BCUT2D eigenvalue weighted by atomic mass is 10.1. The molecule has 0 fully saturated rings. The third-order valence-corrected chi connectivity index (χ3v) is 5.43. The van der Waals surface area contributed by atoms with Gasteiger partial charge in [0.25, 0.3) is 5.91 Å². The molecule has 27 heavy (non-hydrogen) atoms. The lowest BCUT2D eigenvalue weighted by Crippen LogP contribution is -2.25. The monoisotopic (exact) mass is 383 g/mol. The Morgan fingerprint density at radius 1 is 1.04 bits per heavy atom. The van der Waals surface area contributed by atoms with E-state index in [0.717, 1.165) is 21.9 Å². The summed E-state index contributed by atoms with van der Waals surface area (Å²) < 4.78 is 24.8. The van der Waals surface area contributed by atoms with Crippen LogP contribution in [0.3, 0.4) is 0 Å². The van der Waals surface area contributed by atoms with Crippen molar-refractivity contribution in [1.29, 1.82) is 0 Å². The fraction of sp³-hybridized carbons (Fsp3) is 0.190. The molecule has 0 saturated heterocycles. The second kappa shape index (κ2) is 7.80. The largest absolute Gasteiger partial charge is 0.486 e. The summed E-state index contributed by atoms with van der Waals surface area (Å²) >= 11 is 1.41. The molecule has 0 spiro atoms. The van der Waals surface area contributed by atoms with E-state index in [-0.39, 0.29) is 11.7 Å². The highest BCUT2D eigenvalue weighted by molar-refractivity contribution is 7.17. The molecule has 4 nitrogen and oxygen atoms in total. The van der Waals surface area contributed by atoms with Crippen LogP contribution < -0.4 is 14.8 Å². The van der Waals surface area contributed by atoms with E-state index < -0.39 is 0 Å². The summed E-state index contributed by atoms with van der Waals surface area (Å²) in [7, 11) is 0. The summed E-state index contributed by atoms with van der Waals surface area (Å²) in [6, 6.07) is 16.1. The van der Waals surface area contributed by atoms with Gasteiger partial charge in [0.05, 0.1) is 4.88 Å². The number of halogens is 1. The molecule has 1 aliphatic rings. The summed E-state index contributed by atoms with van der Waals surface area (Å²) in [5, 5.41) is 2.85. The summed E-state index contributed by atoms with van der Waals surface area (Å²) in [4.78, 5) is 14.0. The third kappa shape index (κ3) is 3.95. The summed E-state index contributed by atoms with van der Waals surface area (Å²) in [5.74, 6) is 1.07. The molecule has 6 heteroatoms. The van der Waals surface area contributed by atoms with Gasteiger partial charge in [0.2, 0.25) is 0 Å². The Morgan fingerprint density at radius 3 is 2.70 bits per heavy atom. The lowest BCUT2D eigenvalue weighted by Gasteiger charge is -2.18. The van der Waals surface area contributed by atoms with Crippen LogP contribution in [-0.2, 0) is 6.42 Å². The topological polar surface area (TPSA) is 47.6 Å². The van der Waals surface area contributed by atoms with Crippen LogP contribution in [0.2, 0.25) is 0 Å². The molecule has 0 atom stereocenters. The van der Waals surface area contributed by atoms with Crippen molar-refractivity contribution in [2.75, 3.05) is 19.8 Å². The number of rotatable bonds is 5. The number of hydrogen-bond acceptors (Lipinski definition) is 4. The van der Waals surface area contributed by atoms with Crippen molar-refractivity contribution in [2.45, 2.75) is 6.42 Å². The number of carbonyl (C=O) groups excluding carboxylic acids is 1. The zero-order chi connectivity index (χ0) is 18.6.